The number of nitrogens with zero attached hydrogens (tertiary/aromatic N) is 3. The van der Waals surface area contributed by atoms with Crippen molar-refractivity contribution in [3.05, 3.63) is 64.6 Å². The van der Waals surface area contributed by atoms with Gasteiger partial charge in [-0.15, -0.1) is 13.2 Å². The molecule has 2 aromatic carbocycles. The van der Waals surface area contributed by atoms with Gasteiger partial charge in [-0.25, -0.2) is 0 Å². The first-order valence-corrected chi connectivity index (χ1v) is 12.5. The highest BCUT2D eigenvalue weighted by molar-refractivity contribution is 7.81. The Kier molecular flexibility index (Phi) is 5.99. The van der Waals surface area contributed by atoms with Crippen LogP contribution in [0.4, 0.5) is 17.1 Å². The molecule has 0 amide bonds. The molecule has 0 saturated heterocycles. The fourth-order valence-electron chi connectivity index (χ4n) is 4.57. The van der Waals surface area contributed by atoms with Crippen molar-refractivity contribution < 1.29 is 34.4 Å². The standard InChI is InChI=1S/C25H16F4N4O5S/c1-12(2)33-20-7-17(14-6-15(11-31-10-14)38-39(29,35)36)21(37-25(26,27)28)8-18(20)23(34)22-16-4-3-13(9-30)5-19(16)32-24(22)33/h3-8,10-12,32H,1-2H3. The number of nitriles is 1. The summed E-state index contributed by atoms with van der Waals surface area (Å²) in [4.78, 5) is 20.6. The number of hydrogen-bond acceptors (Lipinski definition) is 7. The molecule has 0 fully saturated rings. The number of nitrogens with one attached hydrogen (secondary N) is 1. The number of fused-ring (bicyclic) bond motifs is 4. The van der Waals surface area contributed by atoms with Crippen LogP contribution in [0.3, 0.4) is 0 Å². The zero-order valence-electron chi connectivity index (χ0n) is 20.0. The lowest BCUT2D eigenvalue weighted by Gasteiger charge is -2.20. The van der Waals surface area contributed by atoms with Crippen LogP contribution in [0.25, 0.3) is 44.0 Å². The molecular weight excluding hydrogens is 544 g/mol. The average Bonchev–Trinajstić information content (AvgIpc) is 3.20. The molecule has 39 heavy (non-hydrogen) atoms. The van der Waals surface area contributed by atoms with E-state index in [1.54, 1.807) is 30.5 Å². The van der Waals surface area contributed by atoms with Crippen LogP contribution in [0.1, 0.15) is 25.5 Å². The predicted octanol–water partition coefficient (Wildman–Crippen LogP) is 5.64. The molecule has 0 unspecified atom stereocenters. The Morgan fingerprint density at radius 2 is 1.85 bits per heavy atom. The van der Waals surface area contributed by atoms with E-state index in [0.717, 1.165) is 24.5 Å². The van der Waals surface area contributed by atoms with Gasteiger partial charge in [0, 0.05) is 34.3 Å². The smallest absolute Gasteiger partial charge is 0.405 e. The molecule has 0 aliphatic heterocycles. The van der Waals surface area contributed by atoms with E-state index in [0.29, 0.717) is 22.1 Å². The molecular formula is C25H16F4N4O5S. The largest absolute Gasteiger partial charge is 0.573 e. The number of rotatable bonds is 5. The Hall–Kier alpha value is -4.64. The van der Waals surface area contributed by atoms with E-state index in [1.807, 2.05) is 6.07 Å². The number of hydrogen-bond donors (Lipinski definition) is 1. The van der Waals surface area contributed by atoms with Crippen LogP contribution in [0, 0.1) is 11.3 Å². The SMILES string of the molecule is CC(C)n1c2cc(-c3cncc(OS(=O)(=O)F)c3)c(OC(F)(F)F)cc2c(=O)c2c3ccc(C#N)cc3[nH]c21. The molecule has 0 atom stereocenters. The zero-order chi connectivity index (χ0) is 28.3. The van der Waals surface area contributed by atoms with Gasteiger partial charge in [-0.3, -0.25) is 9.78 Å². The van der Waals surface area contributed by atoms with E-state index in [2.05, 4.69) is 18.9 Å². The minimum atomic E-state index is -5.44. The van der Waals surface area contributed by atoms with Crippen LogP contribution < -0.4 is 14.3 Å². The minimum Gasteiger partial charge on any atom is -0.405 e. The summed E-state index contributed by atoms with van der Waals surface area (Å²) in [7, 11) is -5.44. The first kappa shape index (κ1) is 26.0. The lowest BCUT2D eigenvalue weighted by Crippen LogP contribution is -2.19. The van der Waals surface area contributed by atoms with Gasteiger partial charge in [-0.1, -0.05) is 9.95 Å². The van der Waals surface area contributed by atoms with Gasteiger partial charge < -0.3 is 18.5 Å². The maximum absolute atomic E-state index is 13.7. The van der Waals surface area contributed by atoms with Gasteiger partial charge in [0.05, 0.1) is 34.1 Å². The second kappa shape index (κ2) is 8.98. The van der Waals surface area contributed by atoms with Gasteiger partial charge in [0.15, 0.2) is 11.2 Å². The van der Waals surface area contributed by atoms with E-state index in [4.69, 9.17) is 0 Å². The van der Waals surface area contributed by atoms with Gasteiger partial charge in [0.25, 0.3) is 0 Å². The van der Waals surface area contributed by atoms with Crippen molar-refractivity contribution in [3.8, 4) is 28.7 Å². The van der Waals surface area contributed by atoms with Gasteiger partial charge in [-0.05, 0) is 44.2 Å². The predicted molar refractivity (Wildman–Crippen MR) is 133 cm³/mol. The Balaban J connectivity index is 1.90. The first-order chi connectivity index (χ1) is 18.3. The first-order valence-electron chi connectivity index (χ1n) is 11.2. The number of alkyl halides is 3. The molecule has 200 valence electrons. The van der Waals surface area contributed by atoms with E-state index < -0.39 is 33.8 Å². The Labute approximate surface area is 217 Å². The van der Waals surface area contributed by atoms with Gasteiger partial charge in [0.1, 0.15) is 11.4 Å². The Bertz CT molecular complexity index is 2010. The maximum Gasteiger partial charge on any atom is 0.573 e. The number of ether oxygens (including phenoxy) is 1. The number of aromatic nitrogens is 3. The molecule has 0 spiro atoms. The monoisotopic (exact) mass is 560 g/mol. The topological polar surface area (TPSA) is 127 Å². The lowest BCUT2D eigenvalue weighted by molar-refractivity contribution is -0.274. The summed E-state index contributed by atoms with van der Waals surface area (Å²) >= 11 is 0. The molecule has 1 N–H and O–H groups in total. The van der Waals surface area contributed by atoms with E-state index in [-0.39, 0.29) is 33.5 Å². The van der Waals surface area contributed by atoms with Crippen LogP contribution in [-0.4, -0.2) is 29.3 Å². The van der Waals surface area contributed by atoms with Gasteiger partial charge >= 0.3 is 16.9 Å². The molecule has 5 aromatic rings. The highest BCUT2D eigenvalue weighted by atomic mass is 32.3. The zero-order valence-corrected chi connectivity index (χ0v) is 20.8. The number of pyridine rings is 2. The second-order valence-corrected chi connectivity index (χ2v) is 9.77. The van der Waals surface area contributed by atoms with Crippen LogP contribution in [-0.2, 0) is 10.5 Å². The summed E-state index contributed by atoms with van der Waals surface area (Å²) in [5.74, 6) is -1.36. The molecule has 0 aliphatic carbocycles. The Morgan fingerprint density at radius 1 is 1.10 bits per heavy atom. The van der Waals surface area contributed by atoms with Gasteiger partial charge in [0.2, 0.25) is 0 Å². The van der Waals surface area contributed by atoms with Crippen molar-refractivity contribution in [2.75, 3.05) is 0 Å². The van der Waals surface area contributed by atoms with Crippen molar-refractivity contribution in [2.45, 2.75) is 26.3 Å². The van der Waals surface area contributed by atoms with Crippen molar-refractivity contribution in [1.82, 2.24) is 14.5 Å². The average molecular weight is 560 g/mol. The molecule has 3 heterocycles. The van der Waals surface area contributed by atoms with Crippen molar-refractivity contribution in [3.63, 3.8) is 0 Å². The molecule has 0 saturated carbocycles. The number of aromatic amines is 1. The number of benzene rings is 2. The summed E-state index contributed by atoms with van der Waals surface area (Å²) in [6.07, 6.45) is -3.19. The van der Waals surface area contributed by atoms with Crippen molar-refractivity contribution >= 4 is 43.3 Å². The highest BCUT2D eigenvalue weighted by Gasteiger charge is 2.33. The minimum absolute atomic E-state index is 0.0869. The summed E-state index contributed by atoms with van der Waals surface area (Å²) in [5, 5.41) is 9.87. The molecule has 0 radical (unpaired) electrons. The van der Waals surface area contributed by atoms with E-state index in [9.17, 15) is 35.5 Å². The molecule has 5 rings (SSSR count). The fraction of sp³-hybridized carbons (Fsp3) is 0.160. The number of H-pyrrole nitrogens is 1. The Morgan fingerprint density at radius 3 is 2.49 bits per heavy atom. The second-order valence-electron chi connectivity index (χ2n) is 8.81. The molecule has 0 aliphatic rings. The quantitative estimate of drug-likeness (QED) is 0.218. The van der Waals surface area contributed by atoms with Crippen LogP contribution in [0.2, 0.25) is 0 Å². The van der Waals surface area contributed by atoms with Gasteiger partial charge in [-0.2, -0.15) is 13.7 Å². The fourth-order valence-corrected chi connectivity index (χ4v) is 4.89. The molecule has 0 bridgehead atoms. The summed E-state index contributed by atoms with van der Waals surface area (Å²) in [6.45, 7) is 3.61. The molecule has 3 aromatic heterocycles. The normalized spacial score (nSPS) is 12.4. The van der Waals surface area contributed by atoms with E-state index >= 15 is 0 Å². The van der Waals surface area contributed by atoms with Crippen LogP contribution in [0.15, 0.2) is 53.6 Å². The summed E-state index contributed by atoms with van der Waals surface area (Å²) in [6, 6.07) is 9.56. The van der Waals surface area contributed by atoms with Crippen molar-refractivity contribution in [2.24, 2.45) is 0 Å². The maximum atomic E-state index is 13.7. The lowest BCUT2D eigenvalue weighted by atomic mass is 10.0. The van der Waals surface area contributed by atoms with Crippen LogP contribution >= 0.6 is 0 Å². The van der Waals surface area contributed by atoms with E-state index in [1.165, 1.54) is 12.1 Å². The third kappa shape index (κ3) is 4.84. The summed E-state index contributed by atoms with van der Waals surface area (Å²) in [5.41, 5.74) is 0.533. The number of halogens is 4. The van der Waals surface area contributed by atoms with Crippen LogP contribution in [0.5, 0.6) is 11.5 Å². The third-order valence-corrected chi connectivity index (χ3v) is 6.33. The molecule has 9 nitrogen and oxygen atoms in total. The van der Waals surface area contributed by atoms with Crippen molar-refractivity contribution in [1.29, 1.82) is 5.26 Å². The summed E-state index contributed by atoms with van der Waals surface area (Å²) < 4.78 is 85.3. The molecule has 14 heteroatoms. The highest BCUT2D eigenvalue weighted by Crippen LogP contribution is 2.39. The third-order valence-electron chi connectivity index (χ3n) is 5.94.